The molecule has 7 heteroatoms. The Morgan fingerprint density at radius 2 is 1.10 bits per heavy atom. The van der Waals surface area contributed by atoms with Crippen LogP contribution in [0.5, 0.6) is 0 Å². The number of hydrogen-bond donors (Lipinski definition) is 0. The molecule has 0 saturated heterocycles. The second-order valence-corrected chi connectivity index (χ2v) is 5.57. The first-order valence-corrected chi connectivity index (χ1v) is 5.66. The lowest BCUT2D eigenvalue weighted by Gasteiger charge is -2.25. The molecule has 1 rings (SSSR count). The summed E-state index contributed by atoms with van der Waals surface area (Å²) in [5.41, 5.74) is -4.74. The minimum atomic E-state index is -4.96. The Bertz CT molecular complexity index is 445. The second kappa shape index (κ2) is 4.93. The predicted octanol–water partition coefficient (Wildman–Crippen LogP) is 5.78. The van der Waals surface area contributed by atoms with Crippen molar-refractivity contribution < 1.29 is 30.7 Å². The number of benzene rings is 1. The standard InChI is InChI=1S/C13H13F7/c1-11(2,3)10(14)7-4-8(12(15,16)17)6-9(5-7)13(18,19)20/h4-6,10H,1-3H3. The Hall–Kier alpha value is -1.27. The van der Waals surface area contributed by atoms with Gasteiger partial charge in [0.1, 0.15) is 6.17 Å². The van der Waals surface area contributed by atoms with Gasteiger partial charge in [0.25, 0.3) is 0 Å². The van der Waals surface area contributed by atoms with Gasteiger partial charge in [0.15, 0.2) is 0 Å². The third-order valence-electron chi connectivity index (χ3n) is 2.66. The van der Waals surface area contributed by atoms with Gasteiger partial charge >= 0.3 is 12.4 Å². The van der Waals surface area contributed by atoms with Crippen molar-refractivity contribution in [2.45, 2.75) is 39.3 Å². The molecule has 0 saturated carbocycles. The minimum Gasteiger partial charge on any atom is -0.242 e. The van der Waals surface area contributed by atoms with E-state index < -0.39 is 40.6 Å². The first kappa shape index (κ1) is 16.8. The van der Waals surface area contributed by atoms with Gasteiger partial charge < -0.3 is 0 Å². The fraction of sp³-hybridized carbons (Fsp3) is 0.538. The number of hydrogen-bond acceptors (Lipinski definition) is 0. The van der Waals surface area contributed by atoms with Crippen molar-refractivity contribution in [3.05, 3.63) is 34.9 Å². The maximum Gasteiger partial charge on any atom is 0.416 e. The molecule has 0 spiro atoms. The van der Waals surface area contributed by atoms with Crippen molar-refractivity contribution in [3.8, 4) is 0 Å². The average Bonchev–Trinajstić information content (AvgIpc) is 2.23. The molecule has 0 nitrogen and oxygen atoms in total. The van der Waals surface area contributed by atoms with E-state index >= 15 is 0 Å². The summed E-state index contributed by atoms with van der Waals surface area (Å²) in [4.78, 5) is 0. The van der Waals surface area contributed by atoms with Crippen LogP contribution in [0.25, 0.3) is 0 Å². The van der Waals surface area contributed by atoms with Gasteiger partial charge in [-0.3, -0.25) is 0 Å². The maximum absolute atomic E-state index is 14.0. The summed E-state index contributed by atoms with van der Waals surface area (Å²) < 4.78 is 89.7. The van der Waals surface area contributed by atoms with E-state index in [0.29, 0.717) is 12.1 Å². The SMILES string of the molecule is CC(C)(C)C(F)c1cc(C(F)(F)F)cc(C(F)(F)F)c1. The Labute approximate surface area is 111 Å². The zero-order valence-electron chi connectivity index (χ0n) is 11.0. The smallest absolute Gasteiger partial charge is 0.242 e. The van der Waals surface area contributed by atoms with E-state index in [-0.39, 0.29) is 6.07 Å². The molecule has 0 fully saturated rings. The van der Waals surface area contributed by atoms with Gasteiger partial charge in [-0.05, 0) is 29.2 Å². The van der Waals surface area contributed by atoms with Crippen molar-refractivity contribution >= 4 is 0 Å². The molecule has 0 heterocycles. The fourth-order valence-electron chi connectivity index (χ4n) is 1.63. The summed E-state index contributed by atoms with van der Waals surface area (Å²) in [6, 6.07) is 0.829. The van der Waals surface area contributed by atoms with Crippen LogP contribution in [-0.4, -0.2) is 0 Å². The van der Waals surface area contributed by atoms with E-state index in [0.717, 1.165) is 0 Å². The van der Waals surface area contributed by atoms with Gasteiger partial charge in [0.2, 0.25) is 0 Å². The van der Waals surface area contributed by atoms with Crippen LogP contribution in [0.1, 0.15) is 43.6 Å². The molecule has 20 heavy (non-hydrogen) atoms. The van der Waals surface area contributed by atoms with Crippen LogP contribution in [-0.2, 0) is 12.4 Å². The quantitative estimate of drug-likeness (QED) is 0.577. The van der Waals surface area contributed by atoms with Gasteiger partial charge in [0, 0.05) is 0 Å². The molecule has 0 radical (unpaired) electrons. The lowest BCUT2D eigenvalue weighted by molar-refractivity contribution is -0.143. The summed E-state index contributed by atoms with van der Waals surface area (Å²) >= 11 is 0. The Morgan fingerprint density at radius 3 is 1.35 bits per heavy atom. The van der Waals surface area contributed by atoms with Crippen molar-refractivity contribution in [1.29, 1.82) is 0 Å². The van der Waals surface area contributed by atoms with E-state index in [4.69, 9.17) is 0 Å². The molecular weight excluding hydrogens is 289 g/mol. The molecule has 0 aromatic heterocycles. The Kier molecular flexibility index (Phi) is 4.14. The lowest BCUT2D eigenvalue weighted by Crippen LogP contribution is -2.17. The number of rotatable bonds is 1. The summed E-state index contributed by atoms with van der Waals surface area (Å²) in [6.07, 6.45) is -11.9. The van der Waals surface area contributed by atoms with Gasteiger partial charge in [-0.15, -0.1) is 0 Å². The average molecular weight is 302 g/mol. The molecule has 0 aliphatic rings. The normalized spacial score (nSPS) is 15.3. The van der Waals surface area contributed by atoms with Crippen LogP contribution in [0.3, 0.4) is 0 Å². The van der Waals surface area contributed by atoms with E-state index in [9.17, 15) is 30.7 Å². The van der Waals surface area contributed by atoms with Crippen molar-refractivity contribution in [2.75, 3.05) is 0 Å². The molecule has 0 aliphatic carbocycles. The third-order valence-corrected chi connectivity index (χ3v) is 2.66. The molecule has 0 bridgehead atoms. The minimum absolute atomic E-state index is 0.0150. The monoisotopic (exact) mass is 302 g/mol. The molecule has 1 atom stereocenters. The summed E-state index contributed by atoms with van der Waals surface area (Å²) in [5.74, 6) is 0. The zero-order valence-corrected chi connectivity index (χ0v) is 11.0. The molecule has 0 N–H and O–H groups in total. The summed E-state index contributed by atoms with van der Waals surface area (Å²) in [7, 11) is 0. The fourth-order valence-corrected chi connectivity index (χ4v) is 1.63. The van der Waals surface area contributed by atoms with Crippen LogP contribution in [0.15, 0.2) is 18.2 Å². The van der Waals surface area contributed by atoms with Crippen LogP contribution < -0.4 is 0 Å². The second-order valence-electron chi connectivity index (χ2n) is 5.57. The van der Waals surface area contributed by atoms with Crippen LogP contribution in [0, 0.1) is 5.41 Å². The van der Waals surface area contributed by atoms with E-state index in [1.165, 1.54) is 20.8 Å². The molecule has 1 aromatic carbocycles. The Morgan fingerprint density at radius 1 is 0.750 bits per heavy atom. The highest BCUT2D eigenvalue weighted by Gasteiger charge is 2.38. The molecule has 114 valence electrons. The van der Waals surface area contributed by atoms with Gasteiger partial charge in [-0.1, -0.05) is 20.8 Å². The largest absolute Gasteiger partial charge is 0.416 e. The molecule has 0 aliphatic heterocycles. The highest BCUT2D eigenvalue weighted by atomic mass is 19.4. The van der Waals surface area contributed by atoms with Crippen molar-refractivity contribution in [1.82, 2.24) is 0 Å². The van der Waals surface area contributed by atoms with Crippen LogP contribution in [0.4, 0.5) is 30.7 Å². The molecular formula is C13H13F7. The van der Waals surface area contributed by atoms with E-state index in [1.807, 2.05) is 0 Å². The highest BCUT2D eigenvalue weighted by molar-refractivity contribution is 5.35. The van der Waals surface area contributed by atoms with Crippen LogP contribution >= 0.6 is 0 Å². The van der Waals surface area contributed by atoms with Crippen LogP contribution in [0.2, 0.25) is 0 Å². The third kappa shape index (κ3) is 3.86. The van der Waals surface area contributed by atoms with Crippen molar-refractivity contribution in [3.63, 3.8) is 0 Å². The van der Waals surface area contributed by atoms with Gasteiger partial charge in [0.05, 0.1) is 11.1 Å². The highest BCUT2D eigenvalue weighted by Crippen LogP contribution is 2.42. The number of halogens is 7. The predicted molar refractivity (Wildman–Crippen MR) is 59.8 cm³/mol. The zero-order chi connectivity index (χ0) is 15.9. The first-order valence-electron chi connectivity index (χ1n) is 5.66. The van der Waals surface area contributed by atoms with Crippen molar-refractivity contribution in [2.24, 2.45) is 5.41 Å². The van der Waals surface area contributed by atoms with E-state index in [2.05, 4.69) is 0 Å². The number of alkyl halides is 7. The van der Waals surface area contributed by atoms with Gasteiger partial charge in [-0.25, -0.2) is 4.39 Å². The summed E-state index contributed by atoms with van der Waals surface area (Å²) in [6.45, 7) is 4.18. The van der Waals surface area contributed by atoms with E-state index in [1.54, 1.807) is 0 Å². The molecule has 0 amide bonds. The van der Waals surface area contributed by atoms with Gasteiger partial charge in [-0.2, -0.15) is 26.3 Å². The lowest BCUT2D eigenvalue weighted by atomic mass is 9.85. The molecule has 1 aromatic rings. The topological polar surface area (TPSA) is 0 Å². The first-order chi connectivity index (χ1) is 8.73. The maximum atomic E-state index is 14.0. The summed E-state index contributed by atoms with van der Waals surface area (Å²) in [5, 5.41) is 0. The Balaban J connectivity index is 3.47. The molecule has 1 unspecified atom stereocenters.